The zero-order valence-electron chi connectivity index (χ0n) is 13.7. The van der Waals surface area contributed by atoms with Crippen LogP contribution in [0.1, 0.15) is 30.6 Å². The first kappa shape index (κ1) is 18.4. The van der Waals surface area contributed by atoms with Gasteiger partial charge in [0.2, 0.25) is 5.91 Å². The van der Waals surface area contributed by atoms with E-state index in [1.165, 1.54) is 0 Å². The third kappa shape index (κ3) is 4.03. The van der Waals surface area contributed by atoms with Crippen molar-refractivity contribution in [3.8, 4) is 17.3 Å². The summed E-state index contributed by atoms with van der Waals surface area (Å²) < 4.78 is 0. The number of nitrogens with zero attached hydrogens (tertiary/aromatic N) is 2. The monoisotopic (exact) mass is 389 g/mol. The molecule has 0 spiro atoms. The Morgan fingerprint density at radius 2 is 1.96 bits per heavy atom. The zero-order chi connectivity index (χ0) is 18.7. The van der Waals surface area contributed by atoms with Crippen molar-refractivity contribution in [3.05, 3.63) is 34.2 Å². The van der Waals surface area contributed by atoms with E-state index in [1.54, 1.807) is 24.3 Å². The largest absolute Gasteiger partial charge is 0.481 e. The van der Waals surface area contributed by atoms with Crippen LogP contribution in [0.25, 0.3) is 11.3 Å². The van der Waals surface area contributed by atoms with Gasteiger partial charge in [-0.25, -0.2) is 4.98 Å². The molecule has 1 saturated carbocycles. The molecule has 3 rings (SSSR count). The van der Waals surface area contributed by atoms with Gasteiger partial charge in [0.15, 0.2) is 5.13 Å². The van der Waals surface area contributed by atoms with Crippen molar-refractivity contribution < 1.29 is 14.7 Å². The van der Waals surface area contributed by atoms with Gasteiger partial charge in [-0.05, 0) is 37.8 Å². The fourth-order valence-corrected chi connectivity index (χ4v) is 4.07. The molecule has 1 fully saturated rings. The van der Waals surface area contributed by atoms with E-state index in [0.29, 0.717) is 52.0 Å². The molecule has 0 atom stereocenters. The third-order valence-electron chi connectivity index (χ3n) is 4.50. The number of anilines is 1. The summed E-state index contributed by atoms with van der Waals surface area (Å²) in [6, 6.07) is 9.14. The number of hydrogen-bond donors (Lipinski definition) is 2. The van der Waals surface area contributed by atoms with Crippen LogP contribution in [0, 0.1) is 23.2 Å². The number of thiazole rings is 1. The van der Waals surface area contributed by atoms with Crippen molar-refractivity contribution in [1.82, 2.24) is 4.98 Å². The Balaban J connectivity index is 1.72. The minimum absolute atomic E-state index is 0.176. The molecule has 0 unspecified atom stereocenters. The molecular weight excluding hydrogens is 374 g/mol. The van der Waals surface area contributed by atoms with Crippen LogP contribution in [0.3, 0.4) is 0 Å². The number of aliphatic carboxylic acids is 1. The first-order valence-corrected chi connectivity index (χ1v) is 9.38. The Bertz CT molecular complexity index is 882. The summed E-state index contributed by atoms with van der Waals surface area (Å²) >= 11 is 7.11. The predicted octanol–water partition coefficient (Wildman–Crippen LogP) is 4.16. The van der Waals surface area contributed by atoms with Crippen LogP contribution in [-0.2, 0) is 9.59 Å². The van der Waals surface area contributed by atoms with Gasteiger partial charge in [0.05, 0.1) is 5.92 Å². The predicted molar refractivity (Wildman–Crippen MR) is 99.0 cm³/mol. The summed E-state index contributed by atoms with van der Waals surface area (Å²) in [6.45, 7) is 0. The van der Waals surface area contributed by atoms with Gasteiger partial charge >= 0.3 is 5.97 Å². The summed E-state index contributed by atoms with van der Waals surface area (Å²) in [6.07, 6.45) is 2.09. The SMILES string of the molecule is N#Cc1sc(NC(=O)[C@H]2CC[C@@H](C(=O)O)CC2)nc1-c1cccc(Cl)c1. The number of nitriles is 1. The van der Waals surface area contributed by atoms with Crippen molar-refractivity contribution in [3.63, 3.8) is 0 Å². The molecule has 26 heavy (non-hydrogen) atoms. The molecule has 0 bridgehead atoms. The van der Waals surface area contributed by atoms with Gasteiger partial charge in [-0.3, -0.25) is 9.59 Å². The van der Waals surface area contributed by atoms with Crippen LogP contribution < -0.4 is 5.32 Å². The van der Waals surface area contributed by atoms with Gasteiger partial charge in [-0.2, -0.15) is 5.26 Å². The highest BCUT2D eigenvalue weighted by Crippen LogP contribution is 2.33. The van der Waals surface area contributed by atoms with Crippen LogP contribution >= 0.6 is 22.9 Å². The fourth-order valence-electron chi connectivity index (χ4n) is 3.09. The Hall–Kier alpha value is -2.43. The second-order valence-electron chi connectivity index (χ2n) is 6.19. The standard InChI is InChI=1S/C18H16ClN3O3S/c19-13-3-1-2-12(8-13)15-14(9-20)26-18(21-15)22-16(23)10-4-6-11(7-5-10)17(24)25/h1-3,8,10-11H,4-7H2,(H,24,25)(H,21,22,23)/t10-,11+. The smallest absolute Gasteiger partial charge is 0.306 e. The van der Waals surface area contributed by atoms with E-state index >= 15 is 0 Å². The van der Waals surface area contributed by atoms with Crippen molar-refractivity contribution in [2.24, 2.45) is 11.8 Å². The number of rotatable bonds is 4. The van der Waals surface area contributed by atoms with Gasteiger partial charge in [0, 0.05) is 16.5 Å². The quantitative estimate of drug-likeness (QED) is 0.816. The van der Waals surface area contributed by atoms with Gasteiger partial charge in [-0.1, -0.05) is 35.1 Å². The Labute approximate surface area is 159 Å². The van der Waals surface area contributed by atoms with Crippen molar-refractivity contribution in [2.75, 3.05) is 5.32 Å². The minimum atomic E-state index is -0.798. The average Bonchev–Trinajstić information content (AvgIpc) is 3.04. The molecule has 1 amide bonds. The molecule has 134 valence electrons. The van der Waals surface area contributed by atoms with Gasteiger partial charge in [0.1, 0.15) is 16.6 Å². The minimum Gasteiger partial charge on any atom is -0.481 e. The molecular formula is C18H16ClN3O3S. The normalized spacial score (nSPS) is 19.5. The highest BCUT2D eigenvalue weighted by molar-refractivity contribution is 7.16. The molecule has 1 aromatic heterocycles. The lowest BCUT2D eigenvalue weighted by molar-refractivity contribution is -0.143. The van der Waals surface area contributed by atoms with E-state index < -0.39 is 5.97 Å². The molecule has 6 nitrogen and oxygen atoms in total. The molecule has 2 aromatic rings. The van der Waals surface area contributed by atoms with Crippen LogP contribution in [0.15, 0.2) is 24.3 Å². The number of carboxylic acid groups (broad SMARTS) is 1. The van der Waals surface area contributed by atoms with E-state index in [2.05, 4.69) is 16.4 Å². The van der Waals surface area contributed by atoms with Gasteiger partial charge < -0.3 is 10.4 Å². The van der Waals surface area contributed by atoms with Crippen LogP contribution in [0.4, 0.5) is 5.13 Å². The van der Waals surface area contributed by atoms with Crippen LogP contribution in [0.2, 0.25) is 5.02 Å². The summed E-state index contributed by atoms with van der Waals surface area (Å²) in [5.41, 5.74) is 1.21. The number of hydrogen-bond acceptors (Lipinski definition) is 5. The second kappa shape index (κ2) is 7.85. The molecule has 1 aliphatic rings. The van der Waals surface area contributed by atoms with E-state index in [4.69, 9.17) is 16.7 Å². The summed E-state index contributed by atoms with van der Waals surface area (Å²) in [5.74, 6) is -1.56. The first-order valence-electron chi connectivity index (χ1n) is 8.18. The van der Waals surface area contributed by atoms with E-state index in [1.807, 2.05) is 0 Å². The van der Waals surface area contributed by atoms with Crippen LogP contribution in [-0.4, -0.2) is 22.0 Å². The summed E-state index contributed by atoms with van der Waals surface area (Å²) in [5, 5.41) is 22.1. The number of carbonyl (C=O) groups excluding carboxylic acids is 1. The topological polar surface area (TPSA) is 103 Å². The van der Waals surface area contributed by atoms with E-state index in [-0.39, 0.29) is 17.7 Å². The fraction of sp³-hybridized carbons (Fsp3) is 0.333. The second-order valence-corrected chi connectivity index (χ2v) is 7.63. The lowest BCUT2D eigenvalue weighted by atomic mass is 9.81. The molecule has 1 aromatic carbocycles. The van der Waals surface area contributed by atoms with Gasteiger partial charge in [0.25, 0.3) is 0 Å². The Kier molecular flexibility index (Phi) is 5.55. The average molecular weight is 390 g/mol. The maximum atomic E-state index is 12.4. The molecule has 0 radical (unpaired) electrons. The molecule has 1 heterocycles. The highest BCUT2D eigenvalue weighted by Gasteiger charge is 2.30. The lowest BCUT2D eigenvalue weighted by Gasteiger charge is -2.24. The van der Waals surface area contributed by atoms with E-state index in [9.17, 15) is 14.9 Å². The summed E-state index contributed by atoms with van der Waals surface area (Å²) in [4.78, 5) is 28.2. The lowest BCUT2D eigenvalue weighted by Crippen LogP contribution is -2.29. The number of amides is 1. The molecule has 1 aliphatic carbocycles. The number of carbonyl (C=O) groups is 2. The van der Waals surface area contributed by atoms with Crippen LogP contribution in [0.5, 0.6) is 0 Å². The van der Waals surface area contributed by atoms with Crippen molar-refractivity contribution in [2.45, 2.75) is 25.7 Å². The first-order chi connectivity index (χ1) is 12.5. The molecule has 0 aliphatic heterocycles. The van der Waals surface area contributed by atoms with Crippen molar-refractivity contribution >= 4 is 39.9 Å². The number of halogens is 1. The van der Waals surface area contributed by atoms with E-state index in [0.717, 1.165) is 11.3 Å². The number of aromatic nitrogens is 1. The Morgan fingerprint density at radius 3 is 2.58 bits per heavy atom. The number of carboxylic acids is 1. The maximum absolute atomic E-state index is 12.4. The molecule has 0 saturated heterocycles. The highest BCUT2D eigenvalue weighted by atomic mass is 35.5. The summed E-state index contributed by atoms with van der Waals surface area (Å²) in [7, 11) is 0. The number of benzene rings is 1. The zero-order valence-corrected chi connectivity index (χ0v) is 15.3. The van der Waals surface area contributed by atoms with Crippen molar-refractivity contribution in [1.29, 1.82) is 5.26 Å². The molecule has 8 heteroatoms. The number of nitrogens with one attached hydrogen (secondary N) is 1. The molecule has 2 N–H and O–H groups in total. The third-order valence-corrected chi connectivity index (χ3v) is 5.61. The Morgan fingerprint density at radius 1 is 1.27 bits per heavy atom. The maximum Gasteiger partial charge on any atom is 0.306 e. The van der Waals surface area contributed by atoms with Gasteiger partial charge in [-0.15, -0.1) is 0 Å².